The second kappa shape index (κ2) is 11.6. The summed E-state index contributed by atoms with van der Waals surface area (Å²) in [5.74, 6) is -0.259. The van der Waals surface area contributed by atoms with Crippen LogP contribution in [0.25, 0.3) is 0 Å². The van der Waals surface area contributed by atoms with Crippen LogP contribution in [0.15, 0.2) is 59.8 Å². The fourth-order valence-electron chi connectivity index (χ4n) is 3.88. The van der Waals surface area contributed by atoms with Crippen LogP contribution in [0.5, 0.6) is 0 Å². The summed E-state index contributed by atoms with van der Waals surface area (Å²) < 4.78 is 13.8. The highest BCUT2D eigenvalue weighted by atomic mass is 35.5. The largest absolute Gasteiger partial charge is 0.353 e. The van der Waals surface area contributed by atoms with Gasteiger partial charge in [0.25, 0.3) is 0 Å². The van der Waals surface area contributed by atoms with Crippen LogP contribution in [0.3, 0.4) is 0 Å². The van der Waals surface area contributed by atoms with Crippen LogP contribution in [0.2, 0.25) is 5.15 Å². The standard InChI is InChI=1S/C25H26ClFN6O2S/c1-16-6-5-7-18(12-16)28-25(35)33-11-10-32(14-17(33)2)22-13-21(26)30-24(31-22)36-15-23(34)29-20-9-4-3-8-19(20)27/h3-9,12-13,17H,10-11,14-15H2,1-2H3,(H,28,35)(H,29,34). The molecule has 0 spiro atoms. The molecule has 188 valence electrons. The van der Waals surface area contributed by atoms with Gasteiger partial charge in [-0.2, -0.15) is 0 Å². The number of para-hydroxylation sites is 1. The summed E-state index contributed by atoms with van der Waals surface area (Å²) in [5, 5.41) is 6.09. The Morgan fingerprint density at radius 3 is 2.67 bits per heavy atom. The summed E-state index contributed by atoms with van der Waals surface area (Å²) in [6, 6.07) is 15.1. The number of nitrogens with zero attached hydrogens (tertiary/aromatic N) is 4. The van der Waals surface area contributed by atoms with E-state index in [1.807, 2.05) is 43.0 Å². The van der Waals surface area contributed by atoms with Crippen LogP contribution in [0, 0.1) is 12.7 Å². The molecular formula is C25H26ClFN6O2S. The number of piperazine rings is 1. The van der Waals surface area contributed by atoms with E-state index in [2.05, 4.69) is 20.6 Å². The fourth-order valence-corrected chi connectivity index (χ4v) is 4.76. The number of thioether (sulfide) groups is 1. The lowest BCUT2D eigenvalue weighted by Crippen LogP contribution is -2.55. The predicted octanol–water partition coefficient (Wildman–Crippen LogP) is 5.05. The molecule has 4 rings (SSSR count). The van der Waals surface area contributed by atoms with Crippen molar-refractivity contribution in [2.45, 2.75) is 25.0 Å². The van der Waals surface area contributed by atoms with Gasteiger partial charge < -0.3 is 20.4 Å². The van der Waals surface area contributed by atoms with Crippen LogP contribution >= 0.6 is 23.4 Å². The Balaban J connectivity index is 1.35. The predicted molar refractivity (Wildman–Crippen MR) is 141 cm³/mol. The first-order valence-electron chi connectivity index (χ1n) is 11.4. The van der Waals surface area contributed by atoms with E-state index >= 15 is 0 Å². The number of amides is 3. The third-order valence-corrected chi connectivity index (χ3v) is 6.66. The zero-order valence-electron chi connectivity index (χ0n) is 19.9. The van der Waals surface area contributed by atoms with Gasteiger partial charge in [-0.05, 0) is 43.7 Å². The number of nitrogens with one attached hydrogen (secondary N) is 2. The van der Waals surface area contributed by atoms with E-state index in [9.17, 15) is 14.0 Å². The van der Waals surface area contributed by atoms with E-state index in [4.69, 9.17) is 11.6 Å². The average Bonchev–Trinajstić information content (AvgIpc) is 2.84. The summed E-state index contributed by atoms with van der Waals surface area (Å²) in [6.07, 6.45) is 0. The Morgan fingerprint density at radius 2 is 1.92 bits per heavy atom. The van der Waals surface area contributed by atoms with Crippen LogP contribution in [0.4, 0.5) is 26.4 Å². The maximum Gasteiger partial charge on any atom is 0.322 e. The number of rotatable bonds is 6. The van der Waals surface area contributed by atoms with E-state index in [0.717, 1.165) is 23.0 Å². The zero-order valence-corrected chi connectivity index (χ0v) is 21.4. The number of urea groups is 1. The second-order valence-electron chi connectivity index (χ2n) is 8.44. The molecule has 0 saturated carbocycles. The summed E-state index contributed by atoms with van der Waals surface area (Å²) >= 11 is 7.35. The Labute approximate surface area is 218 Å². The first-order valence-corrected chi connectivity index (χ1v) is 12.8. The molecule has 1 unspecified atom stereocenters. The minimum absolute atomic E-state index is 0.00255. The molecule has 2 heterocycles. The van der Waals surface area contributed by atoms with Crippen molar-refractivity contribution >= 4 is 52.5 Å². The SMILES string of the molecule is Cc1cccc(NC(=O)N2CCN(c3cc(Cl)nc(SCC(=O)Nc4ccccc4F)n3)CC2C)c1. The van der Waals surface area contributed by atoms with E-state index in [-0.39, 0.29) is 34.6 Å². The Bertz CT molecular complexity index is 1260. The molecule has 0 bridgehead atoms. The normalized spacial score (nSPS) is 15.5. The molecule has 1 atom stereocenters. The average molecular weight is 529 g/mol. The van der Waals surface area contributed by atoms with Gasteiger partial charge in [-0.1, -0.05) is 47.6 Å². The van der Waals surface area contributed by atoms with Crippen LogP contribution < -0.4 is 15.5 Å². The number of benzene rings is 2. The number of halogens is 2. The number of carbonyl (C=O) groups is 2. The number of carbonyl (C=O) groups excluding carboxylic acids is 2. The van der Waals surface area contributed by atoms with E-state index in [1.54, 1.807) is 23.1 Å². The van der Waals surface area contributed by atoms with Crippen molar-refractivity contribution in [1.82, 2.24) is 14.9 Å². The molecule has 11 heteroatoms. The van der Waals surface area contributed by atoms with Gasteiger partial charge in [0.05, 0.1) is 11.4 Å². The van der Waals surface area contributed by atoms with Crippen LogP contribution in [-0.2, 0) is 4.79 Å². The molecule has 36 heavy (non-hydrogen) atoms. The minimum Gasteiger partial charge on any atom is -0.353 e. The number of hydrogen-bond donors (Lipinski definition) is 2. The van der Waals surface area contributed by atoms with Crippen LogP contribution in [-0.4, -0.2) is 58.2 Å². The molecule has 3 amide bonds. The fraction of sp³-hybridized carbons (Fsp3) is 0.280. The highest BCUT2D eigenvalue weighted by Crippen LogP contribution is 2.25. The van der Waals surface area contributed by atoms with Crippen molar-refractivity contribution in [2.24, 2.45) is 0 Å². The Kier molecular flexibility index (Phi) is 8.27. The molecule has 1 fully saturated rings. The van der Waals surface area contributed by atoms with E-state index in [1.165, 1.54) is 12.1 Å². The van der Waals surface area contributed by atoms with Gasteiger partial charge in [0.2, 0.25) is 5.91 Å². The van der Waals surface area contributed by atoms with Gasteiger partial charge in [0.1, 0.15) is 16.8 Å². The molecule has 1 aromatic heterocycles. The molecule has 2 N–H and O–H groups in total. The van der Waals surface area contributed by atoms with Crippen LogP contribution in [0.1, 0.15) is 12.5 Å². The maximum absolute atomic E-state index is 13.8. The third kappa shape index (κ3) is 6.64. The molecule has 2 aromatic carbocycles. The van der Waals surface area contributed by atoms with Gasteiger partial charge in [0.15, 0.2) is 5.16 Å². The smallest absolute Gasteiger partial charge is 0.322 e. The van der Waals surface area contributed by atoms with Gasteiger partial charge in [-0.3, -0.25) is 4.79 Å². The van der Waals surface area contributed by atoms with Crippen molar-refractivity contribution in [3.63, 3.8) is 0 Å². The van der Waals surface area contributed by atoms with Gasteiger partial charge in [-0.25, -0.2) is 19.2 Å². The Hall–Kier alpha value is -3.37. The lowest BCUT2D eigenvalue weighted by molar-refractivity contribution is -0.113. The molecule has 0 aliphatic carbocycles. The Morgan fingerprint density at radius 1 is 1.11 bits per heavy atom. The maximum atomic E-state index is 13.8. The quantitative estimate of drug-likeness (QED) is 0.264. The van der Waals surface area contributed by atoms with Gasteiger partial charge in [-0.15, -0.1) is 0 Å². The lowest BCUT2D eigenvalue weighted by Gasteiger charge is -2.40. The third-order valence-electron chi connectivity index (χ3n) is 5.62. The molecule has 1 saturated heterocycles. The molecule has 1 aliphatic heterocycles. The monoisotopic (exact) mass is 528 g/mol. The first-order chi connectivity index (χ1) is 17.3. The van der Waals surface area contributed by atoms with Crippen molar-refractivity contribution < 1.29 is 14.0 Å². The highest BCUT2D eigenvalue weighted by Gasteiger charge is 2.28. The number of anilines is 3. The van der Waals surface area contributed by atoms with Crippen molar-refractivity contribution in [3.8, 4) is 0 Å². The number of aromatic nitrogens is 2. The van der Waals surface area contributed by atoms with Crippen molar-refractivity contribution in [3.05, 3.63) is 71.1 Å². The summed E-state index contributed by atoms with van der Waals surface area (Å²) in [7, 11) is 0. The zero-order chi connectivity index (χ0) is 25.7. The molecule has 0 radical (unpaired) electrons. The van der Waals surface area contributed by atoms with Gasteiger partial charge >= 0.3 is 6.03 Å². The minimum atomic E-state index is -0.502. The topological polar surface area (TPSA) is 90.5 Å². The second-order valence-corrected chi connectivity index (χ2v) is 9.77. The van der Waals surface area contributed by atoms with Crippen molar-refractivity contribution in [1.29, 1.82) is 0 Å². The molecule has 8 nitrogen and oxygen atoms in total. The molecular weight excluding hydrogens is 503 g/mol. The summed E-state index contributed by atoms with van der Waals surface area (Å²) in [5.41, 5.74) is 1.96. The van der Waals surface area contributed by atoms with Gasteiger partial charge in [0, 0.05) is 37.4 Å². The molecule has 3 aromatic rings. The number of aryl methyl sites for hydroxylation is 1. The summed E-state index contributed by atoms with van der Waals surface area (Å²) in [4.78, 5) is 37.7. The molecule has 1 aliphatic rings. The van der Waals surface area contributed by atoms with E-state index < -0.39 is 5.82 Å². The first kappa shape index (κ1) is 25.7. The summed E-state index contributed by atoms with van der Waals surface area (Å²) in [6.45, 7) is 5.59. The lowest BCUT2D eigenvalue weighted by atomic mass is 10.2. The number of hydrogen-bond acceptors (Lipinski definition) is 6. The van der Waals surface area contributed by atoms with Crippen molar-refractivity contribution in [2.75, 3.05) is 40.9 Å². The van der Waals surface area contributed by atoms with E-state index in [0.29, 0.717) is 30.6 Å². The highest BCUT2D eigenvalue weighted by molar-refractivity contribution is 7.99.